The number of urea groups is 1. The van der Waals surface area contributed by atoms with Crippen molar-refractivity contribution in [3.05, 3.63) is 17.8 Å². The van der Waals surface area contributed by atoms with Gasteiger partial charge in [0.2, 0.25) is 0 Å². The van der Waals surface area contributed by atoms with Gasteiger partial charge in [-0.2, -0.15) is 5.10 Å². The number of carbonyl (C=O) groups excluding carboxylic acids is 1. The molecule has 2 saturated heterocycles. The molecular weight excluding hydrogens is 270 g/mol. The van der Waals surface area contributed by atoms with Crippen molar-refractivity contribution in [2.24, 2.45) is 0 Å². The number of likely N-dealkylation sites (tertiary alicyclic amines) is 1. The first kappa shape index (κ1) is 14.1. The molecule has 0 spiro atoms. The van der Waals surface area contributed by atoms with Gasteiger partial charge in [0.15, 0.2) is 5.82 Å². The number of anilines is 1. The van der Waals surface area contributed by atoms with Crippen molar-refractivity contribution < 1.29 is 9.53 Å². The van der Waals surface area contributed by atoms with Gasteiger partial charge in [0.05, 0.1) is 31.0 Å². The number of ether oxygens (including phenoxy) is 1. The van der Waals surface area contributed by atoms with Gasteiger partial charge in [0.25, 0.3) is 0 Å². The van der Waals surface area contributed by atoms with Gasteiger partial charge < -0.3 is 19.4 Å². The monoisotopic (exact) mass is 291 g/mol. The lowest BCUT2D eigenvalue weighted by atomic mass is 10.1. The SMILES string of the molecule is Cc1ccc(N2CCO[C@H]3CN(C(=O)N(C)C)C[C@@H]32)nn1. The summed E-state index contributed by atoms with van der Waals surface area (Å²) in [4.78, 5) is 17.8. The Morgan fingerprint density at radius 2 is 2.14 bits per heavy atom. The molecule has 7 heteroatoms. The first-order valence-electron chi connectivity index (χ1n) is 7.21. The second-order valence-corrected chi connectivity index (χ2v) is 5.78. The Kier molecular flexibility index (Phi) is 3.67. The third-order valence-corrected chi connectivity index (χ3v) is 4.03. The van der Waals surface area contributed by atoms with E-state index in [4.69, 9.17) is 4.74 Å². The predicted octanol–water partition coefficient (Wildman–Crippen LogP) is 0.356. The molecule has 2 aliphatic rings. The fourth-order valence-corrected chi connectivity index (χ4v) is 2.96. The van der Waals surface area contributed by atoms with Gasteiger partial charge in [-0.25, -0.2) is 4.79 Å². The number of amides is 2. The summed E-state index contributed by atoms with van der Waals surface area (Å²) < 4.78 is 5.84. The molecule has 3 rings (SSSR count). The van der Waals surface area contributed by atoms with E-state index in [0.717, 1.165) is 18.1 Å². The highest BCUT2D eigenvalue weighted by atomic mass is 16.5. The van der Waals surface area contributed by atoms with Crippen LogP contribution < -0.4 is 4.90 Å². The molecule has 0 bridgehead atoms. The van der Waals surface area contributed by atoms with E-state index in [2.05, 4.69) is 15.1 Å². The average Bonchev–Trinajstić information content (AvgIpc) is 2.91. The molecule has 1 aromatic rings. The van der Waals surface area contributed by atoms with E-state index in [1.807, 2.05) is 24.0 Å². The Morgan fingerprint density at radius 1 is 1.33 bits per heavy atom. The minimum absolute atomic E-state index is 0.0305. The van der Waals surface area contributed by atoms with E-state index < -0.39 is 0 Å². The Bertz CT molecular complexity index is 519. The van der Waals surface area contributed by atoms with Crippen molar-refractivity contribution in [3.8, 4) is 0 Å². The van der Waals surface area contributed by atoms with Crippen molar-refractivity contribution in [2.75, 3.05) is 45.2 Å². The zero-order valence-corrected chi connectivity index (χ0v) is 12.7. The van der Waals surface area contributed by atoms with E-state index in [1.54, 1.807) is 19.0 Å². The molecule has 0 unspecified atom stereocenters. The molecule has 0 radical (unpaired) electrons. The lowest BCUT2D eigenvalue weighted by molar-refractivity contribution is 0.0313. The molecule has 1 aromatic heterocycles. The first-order chi connectivity index (χ1) is 10.1. The largest absolute Gasteiger partial charge is 0.372 e. The Labute approximate surface area is 124 Å². The normalized spacial score (nSPS) is 24.9. The van der Waals surface area contributed by atoms with Gasteiger partial charge in [0.1, 0.15) is 0 Å². The molecule has 7 nitrogen and oxygen atoms in total. The van der Waals surface area contributed by atoms with Crippen molar-refractivity contribution in [1.82, 2.24) is 20.0 Å². The van der Waals surface area contributed by atoms with Crippen molar-refractivity contribution in [3.63, 3.8) is 0 Å². The summed E-state index contributed by atoms with van der Waals surface area (Å²) >= 11 is 0. The molecule has 114 valence electrons. The van der Waals surface area contributed by atoms with Gasteiger partial charge in [-0.3, -0.25) is 0 Å². The summed E-state index contributed by atoms with van der Waals surface area (Å²) in [6.07, 6.45) is 0.0470. The van der Waals surface area contributed by atoms with Crippen LogP contribution in [0.4, 0.5) is 10.6 Å². The number of rotatable bonds is 1. The van der Waals surface area contributed by atoms with Crippen LogP contribution >= 0.6 is 0 Å². The lowest BCUT2D eigenvalue weighted by Crippen LogP contribution is -2.51. The number of hydrogen-bond donors (Lipinski definition) is 0. The standard InChI is InChI=1S/C14H21N5O2/c1-10-4-5-13(16-15-10)19-6-7-21-12-9-18(8-11(12)19)14(20)17(2)3/h4-5,11-12H,6-9H2,1-3H3/t11-,12-/m0/s1. The first-order valence-corrected chi connectivity index (χ1v) is 7.21. The maximum Gasteiger partial charge on any atom is 0.319 e. The van der Waals surface area contributed by atoms with Crippen LogP contribution in [0.15, 0.2) is 12.1 Å². The van der Waals surface area contributed by atoms with Crippen LogP contribution in [0.5, 0.6) is 0 Å². The molecule has 2 amide bonds. The third kappa shape index (κ3) is 2.65. The topological polar surface area (TPSA) is 61.8 Å². The van der Waals surface area contributed by atoms with Gasteiger partial charge in [-0.05, 0) is 19.1 Å². The fraction of sp³-hybridized carbons (Fsp3) is 0.643. The van der Waals surface area contributed by atoms with E-state index in [9.17, 15) is 4.79 Å². The van der Waals surface area contributed by atoms with Crippen molar-refractivity contribution >= 4 is 11.8 Å². The van der Waals surface area contributed by atoms with Gasteiger partial charge >= 0.3 is 6.03 Å². The smallest absolute Gasteiger partial charge is 0.319 e. The summed E-state index contributed by atoms with van der Waals surface area (Å²) in [6, 6.07) is 4.13. The molecule has 3 heterocycles. The highest BCUT2D eigenvalue weighted by molar-refractivity contribution is 5.74. The number of morpholine rings is 1. The molecule has 0 saturated carbocycles. The Morgan fingerprint density at radius 3 is 2.81 bits per heavy atom. The van der Waals surface area contributed by atoms with Crippen molar-refractivity contribution in [1.29, 1.82) is 0 Å². The molecule has 2 atom stereocenters. The summed E-state index contributed by atoms with van der Waals surface area (Å²) in [5.74, 6) is 0.859. The fourth-order valence-electron chi connectivity index (χ4n) is 2.96. The summed E-state index contributed by atoms with van der Waals surface area (Å²) in [7, 11) is 3.54. The highest BCUT2D eigenvalue weighted by Crippen LogP contribution is 2.27. The molecule has 0 aliphatic carbocycles. The number of aromatic nitrogens is 2. The minimum atomic E-state index is 0.0305. The number of aryl methyl sites for hydroxylation is 1. The molecule has 0 N–H and O–H groups in total. The Balaban J connectivity index is 1.78. The van der Waals surface area contributed by atoms with Crippen LogP contribution in [0.1, 0.15) is 5.69 Å². The number of fused-ring (bicyclic) bond motifs is 1. The van der Waals surface area contributed by atoms with Crippen LogP contribution in [0.3, 0.4) is 0 Å². The molecular formula is C14H21N5O2. The van der Waals surface area contributed by atoms with E-state index >= 15 is 0 Å². The quantitative estimate of drug-likeness (QED) is 0.747. The zero-order chi connectivity index (χ0) is 15.0. The molecule has 0 aromatic carbocycles. The van der Waals surface area contributed by atoms with Crippen LogP contribution in [0.25, 0.3) is 0 Å². The zero-order valence-electron chi connectivity index (χ0n) is 12.7. The molecule has 21 heavy (non-hydrogen) atoms. The van der Waals surface area contributed by atoms with E-state index in [1.165, 1.54) is 0 Å². The third-order valence-electron chi connectivity index (χ3n) is 4.03. The highest BCUT2D eigenvalue weighted by Gasteiger charge is 2.42. The van der Waals surface area contributed by atoms with E-state index in [-0.39, 0.29) is 18.2 Å². The van der Waals surface area contributed by atoms with Gasteiger partial charge in [0, 0.05) is 27.2 Å². The number of carbonyl (C=O) groups is 1. The summed E-state index contributed by atoms with van der Waals surface area (Å²) in [5, 5.41) is 8.40. The second-order valence-electron chi connectivity index (χ2n) is 5.78. The predicted molar refractivity (Wildman–Crippen MR) is 78.3 cm³/mol. The lowest BCUT2D eigenvalue weighted by Gasteiger charge is -2.37. The van der Waals surface area contributed by atoms with Gasteiger partial charge in [-0.1, -0.05) is 0 Å². The molecule has 2 aliphatic heterocycles. The molecule has 2 fully saturated rings. The van der Waals surface area contributed by atoms with Crippen molar-refractivity contribution in [2.45, 2.75) is 19.1 Å². The minimum Gasteiger partial charge on any atom is -0.372 e. The van der Waals surface area contributed by atoms with Crippen LogP contribution in [-0.4, -0.2) is 78.5 Å². The van der Waals surface area contributed by atoms with Crippen LogP contribution in [0.2, 0.25) is 0 Å². The summed E-state index contributed by atoms with van der Waals surface area (Å²) in [6.45, 7) is 4.66. The summed E-state index contributed by atoms with van der Waals surface area (Å²) in [5.41, 5.74) is 0.902. The Hall–Kier alpha value is -1.89. The second kappa shape index (κ2) is 5.48. The van der Waals surface area contributed by atoms with Crippen LogP contribution in [0, 0.1) is 6.92 Å². The number of hydrogen-bond acceptors (Lipinski definition) is 5. The maximum absolute atomic E-state index is 12.1. The van der Waals surface area contributed by atoms with Crippen LogP contribution in [-0.2, 0) is 4.74 Å². The van der Waals surface area contributed by atoms with E-state index in [0.29, 0.717) is 19.7 Å². The van der Waals surface area contributed by atoms with Gasteiger partial charge in [-0.15, -0.1) is 5.10 Å². The maximum atomic E-state index is 12.1. The number of nitrogens with zero attached hydrogens (tertiary/aromatic N) is 5. The average molecular weight is 291 g/mol.